The fraction of sp³-hybridized carbons (Fsp3) is 0.625. The van der Waals surface area contributed by atoms with Gasteiger partial charge in [-0.3, -0.25) is 24.0 Å². The number of carboxylic acid groups (broad SMARTS) is 3. The van der Waals surface area contributed by atoms with Crippen LogP contribution in [0.15, 0.2) is 0 Å². The second-order valence-electron chi connectivity index (χ2n) is 6.51. The zero-order valence-corrected chi connectivity index (χ0v) is 17.4. The Balaban J connectivity index is 5.42. The minimum Gasteiger partial charge on any atom is -0.481 e. The molecule has 0 aliphatic carbocycles. The Bertz CT molecular complexity index is 702. The molecule has 0 aromatic heterocycles. The van der Waals surface area contributed by atoms with Crippen LogP contribution in [-0.2, 0) is 28.8 Å². The summed E-state index contributed by atoms with van der Waals surface area (Å²) in [5.41, 5.74) is 5.41. The van der Waals surface area contributed by atoms with Gasteiger partial charge in [0, 0.05) is 12.2 Å². The molecule has 0 spiro atoms. The number of rotatable bonds is 14. The van der Waals surface area contributed by atoms with Gasteiger partial charge >= 0.3 is 17.9 Å². The molecule has 0 fully saturated rings. The number of aliphatic carboxylic acids is 3. The van der Waals surface area contributed by atoms with Crippen LogP contribution in [-0.4, -0.2) is 92.1 Å². The van der Waals surface area contributed by atoms with Gasteiger partial charge in [-0.05, 0) is 13.3 Å². The molecule has 0 aliphatic heterocycles. The average Bonchev–Trinajstić information content (AvgIpc) is 2.65. The predicted molar refractivity (Wildman–Crippen MR) is 106 cm³/mol. The minimum absolute atomic E-state index is 0.277. The molecule has 14 nitrogen and oxygen atoms in total. The van der Waals surface area contributed by atoms with Crippen LogP contribution in [0.2, 0.25) is 0 Å². The number of carboxylic acids is 3. The number of thiol groups is 1. The van der Waals surface area contributed by atoms with Crippen LogP contribution in [0.4, 0.5) is 0 Å². The van der Waals surface area contributed by atoms with E-state index in [-0.39, 0.29) is 5.75 Å². The van der Waals surface area contributed by atoms with Gasteiger partial charge in [0.05, 0.1) is 18.6 Å². The quantitative estimate of drug-likeness (QED) is 0.114. The van der Waals surface area contributed by atoms with Crippen molar-refractivity contribution in [3.8, 4) is 0 Å². The lowest BCUT2D eigenvalue weighted by Gasteiger charge is -2.26. The fourth-order valence-electron chi connectivity index (χ4n) is 2.20. The van der Waals surface area contributed by atoms with E-state index in [1.54, 1.807) is 0 Å². The summed E-state index contributed by atoms with van der Waals surface area (Å²) in [7, 11) is 0. The molecule has 0 aromatic rings. The van der Waals surface area contributed by atoms with Gasteiger partial charge in [-0.1, -0.05) is 0 Å². The van der Waals surface area contributed by atoms with E-state index in [9.17, 15) is 33.9 Å². The largest absolute Gasteiger partial charge is 0.481 e. The van der Waals surface area contributed by atoms with Gasteiger partial charge in [0.15, 0.2) is 0 Å². The van der Waals surface area contributed by atoms with Crippen molar-refractivity contribution in [1.29, 1.82) is 0 Å². The van der Waals surface area contributed by atoms with Crippen molar-refractivity contribution in [2.24, 2.45) is 5.73 Å². The highest BCUT2D eigenvalue weighted by Gasteiger charge is 2.32. The number of aliphatic hydroxyl groups excluding tert-OH is 1. The molecule has 0 saturated heterocycles. The number of carbonyl (C=O) groups excluding carboxylic acids is 3. The van der Waals surface area contributed by atoms with E-state index in [2.05, 4.69) is 28.6 Å². The molecular formula is C16H26N4O10S. The highest BCUT2D eigenvalue weighted by Crippen LogP contribution is 2.03. The first-order chi connectivity index (χ1) is 14.3. The van der Waals surface area contributed by atoms with Crippen molar-refractivity contribution in [3.63, 3.8) is 0 Å². The summed E-state index contributed by atoms with van der Waals surface area (Å²) < 4.78 is 0. The SMILES string of the molecule is CC(O)C(NC(=O)C(CCC(=O)O)NC(=O)C(N)CC(=O)O)C(=O)NC(CS)C(=O)O. The summed E-state index contributed by atoms with van der Waals surface area (Å²) in [6, 6.07) is -6.12. The number of carbonyl (C=O) groups is 6. The molecule has 0 heterocycles. The van der Waals surface area contributed by atoms with Gasteiger partial charge in [-0.25, -0.2) is 4.79 Å². The van der Waals surface area contributed by atoms with Crippen molar-refractivity contribution in [1.82, 2.24) is 16.0 Å². The maximum atomic E-state index is 12.5. The van der Waals surface area contributed by atoms with Gasteiger partial charge in [-0.2, -0.15) is 12.6 Å². The first-order valence-electron chi connectivity index (χ1n) is 8.92. The summed E-state index contributed by atoms with van der Waals surface area (Å²) in [5, 5.41) is 42.6. The van der Waals surface area contributed by atoms with Crippen molar-refractivity contribution in [3.05, 3.63) is 0 Å². The van der Waals surface area contributed by atoms with E-state index in [4.69, 9.17) is 21.1 Å². The third-order valence-electron chi connectivity index (χ3n) is 3.87. The van der Waals surface area contributed by atoms with Crippen LogP contribution in [0.5, 0.6) is 0 Å². The van der Waals surface area contributed by atoms with E-state index < -0.39 is 85.2 Å². The molecule has 9 N–H and O–H groups in total. The molecule has 5 atom stereocenters. The maximum absolute atomic E-state index is 12.5. The van der Waals surface area contributed by atoms with Crippen LogP contribution in [0.3, 0.4) is 0 Å². The number of hydrogen-bond donors (Lipinski definition) is 9. The normalized spacial score (nSPS) is 15.5. The van der Waals surface area contributed by atoms with Crippen LogP contribution in [0.25, 0.3) is 0 Å². The topological polar surface area (TPSA) is 245 Å². The van der Waals surface area contributed by atoms with E-state index in [0.717, 1.165) is 6.92 Å². The molecule has 176 valence electrons. The van der Waals surface area contributed by atoms with Gasteiger partial charge in [-0.15, -0.1) is 0 Å². The Morgan fingerprint density at radius 1 is 0.871 bits per heavy atom. The Labute approximate surface area is 182 Å². The summed E-state index contributed by atoms with van der Waals surface area (Å²) in [6.45, 7) is 1.13. The summed E-state index contributed by atoms with van der Waals surface area (Å²) in [5.74, 6) is -7.54. The molecule has 31 heavy (non-hydrogen) atoms. The van der Waals surface area contributed by atoms with Crippen LogP contribution >= 0.6 is 12.6 Å². The second-order valence-corrected chi connectivity index (χ2v) is 6.87. The van der Waals surface area contributed by atoms with Gasteiger partial charge in [0.25, 0.3) is 0 Å². The fourth-order valence-corrected chi connectivity index (χ4v) is 2.45. The first kappa shape index (κ1) is 28.1. The van der Waals surface area contributed by atoms with E-state index in [1.165, 1.54) is 0 Å². The predicted octanol–water partition coefficient (Wildman–Crippen LogP) is -3.50. The second kappa shape index (κ2) is 13.4. The lowest BCUT2D eigenvalue weighted by molar-refractivity contribution is -0.142. The Morgan fingerprint density at radius 3 is 1.84 bits per heavy atom. The lowest BCUT2D eigenvalue weighted by Crippen LogP contribution is -2.60. The van der Waals surface area contributed by atoms with Crippen LogP contribution in [0.1, 0.15) is 26.2 Å². The summed E-state index contributed by atoms with van der Waals surface area (Å²) in [6.07, 6.45) is -3.25. The number of aliphatic hydroxyl groups is 1. The molecule has 0 bridgehead atoms. The molecule has 0 aliphatic rings. The highest BCUT2D eigenvalue weighted by molar-refractivity contribution is 7.80. The molecule has 5 unspecified atom stereocenters. The van der Waals surface area contributed by atoms with E-state index in [0.29, 0.717) is 0 Å². The smallest absolute Gasteiger partial charge is 0.327 e. The lowest BCUT2D eigenvalue weighted by atomic mass is 10.1. The van der Waals surface area contributed by atoms with Gasteiger partial charge < -0.3 is 42.1 Å². The Morgan fingerprint density at radius 2 is 1.42 bits per heavy atom. The molecule has 0 rings (SSSR count). The van der Waals surface area contributed by atoms with E-state index >= 15 is 0 Å². The van der Waals surface area contributed by atoms with Crippen LogP contribution in [0, 0.1) is 0 Å². The Hall–Kier alpha value is -2.91. The molecule has 0 aromatic carbocycles. The third-order valence-corrected chi connectivity index (χ3v) is 4.24. The van der Waals surface area contributed by atoms with Gasteiger partial charge in [0.2, 0.25) is 17.7 Å². The first-order valence-corrected chi connectivity index (χ1v) is 9.55. The minimum atomic E-state index is -1.65. The molecule has 3 amide bonds. The van der Waals surface area contributed by atoms with E-state index in [1.807, 2.05) is 0 Å². The molecule has 15 heteroatoms. The molecule has 0 radical (unpaired) electrons. The van der Waals surface area contributed by atoms with Crippen molar-refractivity contribution in [2.75, 3.05) is 5.75 Å². The van der Waals surface area contributed by atoms with Crippen LogP contribution < -0.4 is 21.7 Å². The monoisotopic (exact) mass is 466 g/mol. The van der Waals surface area contributed by atoms with Crippen molar-refractivity contribution < 1.29 is 49.2 Å². The zero-order chi connectivity index (χ0) is 24.3. The van der Waals surface area contributed by atoms with Crippen molar-refractivity contribution in [2.45, 2.75) is 56.5 Å². The number of nitrogens with two attached hydrogens (primary N) is 1. The number of nitrogens with one attached hydrogen (secondary N) is 3. The Kier molecular flexibility index (Phi) is 12.1. The zero-order valence-electron chi connectivity index (χ0n) is 16.5. The number of hydrogen-bond acceptors (Lipinski definition) is 9. The maximum Gasteiger partial charge on any atom is 0.327 e. The molecule has 0 saturated carbocycles. The standard InChI is InChI=1S/C16H26N4O10S/c1-6(21)12(15(28)19-9(5-31)16(29)30)20-14(27)8(2-3-10(22)23)18-13(26)7(17)4-11(24)25/h6-9,12,21,31H,2-5,17H2,1H3,(H,18,26)(H,19,28)(H,20,27)(H,22,23)(H,24,25)(H,29,30). The van der Waals surface area contributed by atoms with Crippen molar-refractivity contribution >= 4 is 48.3 Å². The van der Waals surface area contributed by atoms with Gasteiger partial charge in [0.1, 0.15) is 18.1 Å². The third kappa shape index (κ3) is 10.6. The molecular weight excluding hydrogens is 440 g/mol. The average molecular weight is 466 g/mol. The number of amides is 3. The highest BCUT2D eigenvalue weighted by atomic mass is 32.1. The summed E-state index contributed by atoms with van der Waals surface area (Å²) >= 11 is 3.78. The summed E-state index contributed by atoms with van der Waals surface area (Å²) in [4.78, 5) is 69.4.